The summed E-state index contributed by atoms with van der Waals surface area (Å²) in [6, 6.07) is 2.22. The van der Waals surface area contributed by atoms with E-state index in [1.807, 2.05) is 0 Å². The molecule has 0 bridgehead atoms. The van der Waals surface area contributed by atoms with Crippen LogP contribution in [-0.4, -0.2) is 60.0 Å². The minimum Gasteiger partial charge on any atom is -0.356 e. The number of nitrogens with zero attached hydrogens (tertiary/aromatic N) is 4. The number of anilines is 1. The smallest absolute Gasteiger partial charge is 0.224 e. The van der Waals surface area contributed by atoms with E-state index < -0.39 is 0 Å². The number of rotatable bonds is 7. The Balaban J connectivity index is 1.29. The summed E-state index contributed by atoms with van der Waals surface area (Å²) in [6.07, 6.45) is 11.1. The van der Waals surface area contributed by atoms with E-state index >= 15 is 0 Å². The van der Waals surface area contributed by atoms with Crippen molar-refractivity contribution >= 4 is 33.3 Å². The summed E-state index contributed by atoms with van der Waals surface area (Å²) in [5, 5.41) is 4.34. The number of hydrogen-bond acceptors (Lipinski definition) is 6. The first-order valence-electron chi connectivity index (χ1n) is 11.7. The number of carbonyl (C=O) groups is 1. The summed E-state index contributed by atoms with van der Waals surface area (Å²) in [6.45, 7) is 8.22. The first-order chi connectivity index (χ1) is 14.7. The van der Waals surface area contributed by atoms with Crippen molar-refractivity contribution in [3.8, 4) is 0 Å². The number of hydrogen-bond donors (Lipinski definition) is 1. The van der Waals surface area contributed by atoms with Crippen molar-refractivity contribution in [2.45, 2.75) is 58.3 Å². The van der Waals surface area contributed by atoms with Gasteiger partial charge in [-0.3, -0.25) is 4.79 Å². The summed E-state index contributed by atoms with van der Waals surface area (Å²) in [7, 11) is 0. The van der Waals surface area contributed by atoms with Crippen molar-refractivity contribution in [3.63, 3.8) is 0 Å². The Bertz CT molecular complexity index is 830. The van der Waals surface area contributed by atoms with Crippen LogP contribution in [0.3, 0.4) is 0 Å². The molecule has 6 nitrogen and oxygen atoms in total. The van der Waals surface area contributed by atoms with Crippen LogP contribution in [0.2, 0.25) is 0 Å². The lowest BCUT2D eigenvalue weighted by molar-refractivity contribution is -0.125. The van der Waals surface area contributed by atoms with E-state index in [4.69, 9.17) is 0 Å². The van der Waals surface area contributed by atoms with Crippen LogP contribution in [0.4, 0.5) is 5.82 Å². The molecule has 2 aliphatic heterocycles. The van der Waals surface area contributed by atoms with Crippen LogP contribution in [0.15, 0.2) is 12.4 Å². The molecular formula is C23H35N5OS. The van der Waals surface area contributed by atoms with Crippen LogP contribution in [0.25, 0.3) is 10.2 Å². The van der Waals surface area contributed by atoms with Gasteiger partial charge in [0.15, 0.2) is 0 Å². The zero-order valence-electron chi connectivity index (χ0n) is 18.2. The third kappa shape index (κ3) is 5.30. The molecule has 2 aliphatic rings. The van der Waals surface area contributed by atoms with Crippen molar-refractivity contribution in [2.24, 2.45) is 5.92 Å². The number of aromatic nitrogens is 2. The highest BCUT2D eigenvalue weighted by Crippen LogP contribution is 2.32. The number of piperidine rings is 1. The van der Waals surface area contributed by atoms with Crippen molar-refractivity contribution in [1.29, 1.82) is 0 Å². The van der Waals surface area contributed by atoms with Gasteiger partial charge in [0.2, 0.25) is 5.91 Å². The fourth-order valence-corrected chi connectivity index (χ4v) is 5.65. The molecule has 1 N–H and O–H groups in total. The Hall–Kier alpha value is -1.73. The number of likely N-dealkylation sites (tertiary alicyclic amines) is 1. The normalized spacial score (nSPS) is 21.0. The molecule has 1 amide bonds. The SMILES string of the molecule is CCc1cc2c(N3CCCC(C(=O)NCCCN4CCCCCC4)C3)ncnc2s1. The number of nitrogens with one attached hydrogen (secondary N) is 1. The summed E-state index contributed by atoms with van der Waals surface area (Å²) in [5.41, 5.74) is 0. The average molecular weight is 430 g/mol. The van der Waals surface area contributed by atoms with Crippen molar-refractivity contribution in [3.05, 3.63) is 17.3 Å². The van der Waals surface area contributed by atoms with Gasteiger partial charge in [0, 0.05) is 24.5 Å². The second-order valence-corrected chi connectivity index (χ2v) is 9.78. The van der Waals surface area contributed by atoms with Gasteiger partial charge in [-0.25, -0.2) is 9.97 Å². The van der Waals surface area contributed by atoms with Crippen molar-refractivity contribution in [1.82, 2.24) is 20.2 Å². The van der Waals surface area contributed by atoms with Gasteiger partial charge in [0.1, 0.15) is 17.0 Å². The lowest BCUT2D eigenvalue weighted by Crippen LogP contribution is -2.44. The Morgan fingerprint density at radius 2 is 2.00 bits per heavy atom. The maximum atomic E-state index is 12.8. The predicted octanol–water partition coefficient (Wildman–Crippen LogP) is 3.85. The largest absolute Gasteiger partial charge is 0.356 e. The second kappa shape index (κ2) is 10.5. The number of carbonyl (C=O) groups excluding carboxylic acids is 1. The predicted molar refractivity (Wildman–Crippen MR) is 124 cm³/mol. The van der Waals surface area contributed by atoms with Gasteiger partial charge < -0.3 is 15.1 Å². The highest BCUT2D eigenvalue weighted by molar-refractivity contribution is 7.18. The van der Waals surface area contributed by atoms with E-state index in [1.54, 1.807) is 17.7 Å². The zero-order chi connectivity index (χ0) is 20.8. The Labute approximate surface area is 184 Å². The maximum absolute atomic E-state index is 12.8. The molecule has 2 aromatic heterocycles. The molecule has 0 aliphatic carbocycles. The third-order valence-electron chi connectivity index (χ3n) is 6.45. The summed E-state index contributed by atoms with van der Waals surface area (Å²) in [4.78, 5) is 29.1. The lowest BCUT2D eigenvalue weighted by atomic mass is 9.97. The number of thiophene rings is 1. The number of aryl methyl sites for hydroxylation is 1. The minimum atomic E-state index is 0.0474. The van der Waals surface area contributed by atoms with Gasteiger partial charge in [-0.05, 0) is 64.2 Å². The molecule has 0 saturated carbocycles. The standard InChI is InChI=1S/C23H35N5OS/c1-2-19-15-20-21(25-17-26-23(20)30-19)28-14-7-9-18(16-28)22(29)24-10-8-13-27-11-5-3-4-6-12-27/h15,17-18H,2-14,16H2,1H3,(H,24,29). The molecule has 164 valence electrons. The fourth-order valence-electron chi connectivity index (χ4n) is 4.72. The van der Waals surface area contributed by atoms with Gasteiger partial charge in [-0.2, -0.15) is 0 Å². The molecule has 0 spiro atoms. The van der Waals surface area contributed by atoms with Gasteiger partial charge >= 0.3 is 0 Å². The summed E-state index contributed by atoms with van der Waals surface area (Å²) >= 11 is 1.75. The minimum absolute atomic E-state index is 0.0474. The Kier molecular flexibility index (Phi) is 7.55. The van der Waals surface area contributed by atoms with Crippen LogP contribution in [0, 0.1) is 5.92 Å². The maximum Gasteiger partial charge on any atom is 0.224 e. The molecule has 4 heterocycles. The first kappa shape index (κ1) is 21.5. The van der Waals surface area contributed by atoms with E-state index in [-0.39, 0.29) is 11.8 Å². The molecule has 1 atom stereocenters. The second-order valence-electron chi connectivity index (χ2n) is 8.67. The van der Waals surface area contributed by atoms with Crippen molar-refractivity contribution in [2.75, 3.05) is 44.2 Å². The molecule has 30 heavy (non-hydrogen) atoms. The highest BCUT2D eigenvalue weighted by Gasteiger charge is 2.27. The van der Waals surface area contributed by atoms with Crippen molar-refractivity contribution < 1.29 is 4.79 Å². The van der Waals surface area contributed by atoms with E-state index in [0.717, 1.165) is 67.9 Å². The van der Waals surface area contributed by atoms with Gasteiger partial charge in [0.25, 0.3) is 0 Å². The number of fused-ring (bicyclic) bond motifs is 1. The summed E-state index contributed by atoms with van der Waals surface area (Å²) in [5.74, 6) is 1.25. The molecule has 1 unspecified atom stereocenters. The molecule has 0 aromatic carbocycles. The van der Waals surface area contributed by atoms with Gasteiger partial charge in [0.05, 0.1) is 11.3 Å². The molecular weight excluding hydrogens is 394 g/mol. The molecule has 2 saturated heterocycles. The average Bonchev–Trinajstić information content (AvgIpc) is 3.04. The van der Waals surface area contributed by atoms with E-state index in [2.05, 4.69) is 38.1 Å². The Morgan fingerprint density at radius 3 is 2.80 bits per heavy atom. The quantitative estimate of drug-likeness (QED) is 0.678. The van der Waals surface area contributed by atoms with E-state index in [9.17, 15) is 4.79 Å². The lowest BCUT2D eigenvalue weighted by Gasteiger charge is -2.33. The van der Waals surface area contributed by atoms with E-state index in [1.165, 1.54) is 43.6 Å². The molecule has 7 heteroatoms. The first-order valence-corrected chi connectivity index (χ1v) is 12.5. The Morgan fingerprint density at radius 1 is 1.17 bits per heavy atom. The molecule has 2 aromatic rings. The van der Waals surface area contributed by atoms with Crippen LogP contribution in [-0.2, 0) is 11.2 Å². The van der Waals surface area contributed by atoms with Crippen LogP contribution >= 0.6 is 11.3 Å². The molecule has 0 radical (unpaired) electrons. The van der Waals surface area contributed by atoms with Crippen LogP contribution < -0.4 is 10.2 Å². The number of amides is 1. The van der Waals surface area contributed by atoms with Gasteiger partial charge in [-0.15, -0.1) is 11.3 Å². The van der Waals surface area contributed by atoms with Crippen LogP contribution in [0.1, 0.15) is 56.7 Å². The summed E-state index contributed by atoms with van der Waals surface area (Å²) < 4.78 is 0. The third-order valence-corrected chi connectivity index (χ3v) is 7.64. The fraction of sp³-hybridized carbons (Fsp3) is 0.696. The monoisotopic (exact) mass is 429 g/mol. The van der Waals surface area contributed by atoms with E-state index in [0.29, 0.717) is 0 Å². The molecule has 2 fully saturated rings. The highest BCUT2D eigenvalue weighted by atomic mass is 32.1. The van der Waals surface area contributed by atoms with Crippen LogP contribution in [0.5, 0.6) is 0 Å². The zero-order valence-corrected chi connectivity index (χ0v) is 19.1. The topological polar surface area (TPSA) is 61.4 Å². The van der Waals surface area contributed by atoms with Gasteiger partial charge in [-0.1, -0.05) is 19.8 Å². The molecule has 4 rings (SSSR count).